The zero-order chi connectivity index (χ0) is 36.7. The normalized spacial score (nSPS) is 13.1. The molecule has 11 rings (SSSR count). The molecule has 1 heterocycles. The van der Waals surface area contributed by atoms with Gasteiger partial charge in [0.25, 0.3) is 0 Å². The van der Waals surface area contributed by atoms with E-state index in [1.807, 2.05) is 11.3 Å². The Morgan fingerprint density at radius 3 is 1.82 bits per heavy atom. The number of hydrogen-bond donors (Lipinski definition) is 0. The molecule has 0 spiro atoms. The first kappa shape index (κ1) is 32.0. The lowest BCUT2D eigenvalue weighted by Gasteiger charge is -2.27. The first-order valence-corrected chi connectivity index (χ1v) is 19.9. The third-order valence-corrected chi connectivity index (χ3v) is 13.1. The van der Waals surface area contributed by atoms with Crippen molar-refractivity contribution in [1.29, 1.82) is 0 Å². The maximum atomic E-state index is 2.41. The Labute approximate surface area is 325 Å². The van der Waals surface area contributed by atoms with E-state index in [1.54, 1.807) is 0 Å². The van der Waals surface area contributed by atoms with Gasteiger partial charge in [-0.05, 0) is 115 Å². The van der Waals surface area contributed by atoms with E-state index in [0.29, 0.717) is 0 Å². The lowest BCUT2D eigenvalue weighted by molar-refractivity contribution is 0.660. The summed E-state index contributed by atoms with van der Waals surface area (Å²) in [6, 6.07) is 69.6. The molecule has 0 fully saturated rings. The molecular formula is C53H37NS. The maximum absolute atomic E-state index is 2.41. The Balaban J connectivity index is 1.03. The van der Waals surface area contributed by atoms with Crippen molar-refractivity contribution in [3.8, 4) is 33.4 Å². The highest BCUT2D eigenvalue weighted by Crippen LogP contribution is 2.51. The molecule has 0 aliphatic heterocycles. The summed E-state index contributed by atoms with van der Waals surface area (Å²) >= 11 is 1.90. The van der Waals surface area contributed by atoms with Crippen LogP contribution in [0.5, 0.6) is 0 Å². The molecule has 0 unspecified atom stereocenters. The quantitative estimate of drug-likeness (QED) is 0.171. The van der Waals surface area contributed by atoms with Gasteiger partial charge in [0.05, 0.1) is 0 Å². The lowest BCUT2D eigenvalue weighted by Crippen LogP contribution is -2.15. The minimum Gasteiger partial charge on any atom is -0.310 e. The molecular weight excluding hydrogens is 683 g/mol. The van der Waals surface area contributed by atoms with Crippen molar-refractivity contribution in [1.82, 2.24) is 0 Å². The van der Waals surface area contributed by atoms with Crippen LogP contribution in [0.2, 0.25) is 0 Å². The fourth-order valence-electron chi connectivity index (χ4n) is 9.05. The third-order valence-electron chi connectivity index (χ3n) is 11.9. The highest BCUT2D eigenvalue weighted by molar-refractivity contribution is 7.26. The van der Waals surface area contributed by atoms with Crippen LogP contribution in [-0.4, -0.2) is 0 Å². The van der Waals surface area contributed by atoms with Gasteiger partial charge in [0.15, 0.2) is 0 Å². The van der Waals surface area contributed by atoms with Crippen molar-refractivity contribution in [2.75, 3.05) is 4.90 Å². The second-order valence-electron chi connectivity index (χ2n) is 15.3. The van der Waals surface area contributed by atoms with E-state index < -0.39 is 0 Å². The highest BCUT2D eigenvalue weighted by atomic mass is 32.1. The second-order valence-corrected chi connectivity index (χ2v) is 16.4. The molecule has 1 aromatic heterocycles. The standard InChI is InChI=1S/C53H37NS/c1-53(2)48-17-8-7-14-45(48)47-33-42(29-30-49(47)53)54(40-25-20-35(21-26-40)39-19-18-34-10-3-4-12-38(34)32-39)41-27-22-37(23-28-41)44-15-9-16-46-51-43-13-6-5-11-36(43)24-31-50(51)55-52(44)46/h3-33H,1-2H3. The zero-order valence-corrected chi connectivity index (χ0v) is 31.6. The molecule has 1 aliphatic rings. The van der Waals surface area contributed by atoms with Crippen LogP contribution in [0.3, 0.4) is 0 Å². The molecule has 0 bridgehead atoms. The molecule has 0 saturated heterocycles. The van der Waals surface area contributed by atoms with E-state index in [0.717, 1.165) is 17.1 Å². The highest BCUT2D eigenvalue weighted by Gasteiger charge is 2.35. The smallest absolute Gasteiger partial charge is 0.0468 e. The van der Waals surface area contributed by atoms with Crippen LogP contribution in [0, 0.1) is 0 Å². The van der Waals surface area contributed by atoms with Crippen molar-refractivity contribution in [2.45, 2.75) is 19.3 Å². The Hall–Kier alpha value is -6.48. The summed E-state index contributed by atoms with van der Waals surface area (Å²) in [5.74, 6) is 0. The molecule has 10 aromatic rings. The Morgan fingerprint density at radius 2 is 1.00 bits per heavy atom. The molecule has 1 nitrogen and oxygen atoms in total. The number of fused-ring (bicyclic) bond motifs is 9. The van der Waals surface area contributed by atoms with Gasteiger partial charge < -0.3 is 4.90 Å². The molecule has 0 atom stereocenters. The Morgan fingerprint density at radius 1 is 0.400 bits per heavy atom. The number of anilines is 3. The first-order chi connectivity index (χ1) is 27.0. The van der Waals surface area contributed by atoms with Crippen LogP contribution in [0.15, 0.2) is 188 Å². The van der Waals surface area contributed by atoms with E-state index >= 15 is 0 Å². The predicted molar refractivity (Wildman–Crippen MR) is 237 cm³/mol. The Bertz CT molecular complexity index is 3110. The minimum atomic E-state index is -0.0433. The van der Waals surface area contributed by atoms with Crippen LogP contribution in [-0.2, 0) is 5.41 Å². The second kappa shape index (κ2) is 12.3. The van der Waals surface area contributed by atoms with Crippen molar-refractivity contribution in [3.63, 3.8) is 0 Å². The zero-order valence-electron chi connectivity index (χ0n) is 30.8. The fraction of sp³-hybridized carbons (Fsp3) is 0.0566. The average molecular weight is 720 g/mol. The van der Waals surface area contributed by atoms with Crippen LogP contribution in [0.1, 0.15) is 25.0 Å². The average Bonchev–Trinajstić information content (AvgIpc) is 3.74. The van der Waals surface area contributed by atoms with E-state index in [4.69, 9.17) is 0 Å². The first-order valence-electron chi connectivity index (χ1n) is 19.1. The molecule has 0 saturated carbocycles. The van der Waals surface area contributed by atoms with Crippen molar-refractivity contribution >= 4 is 70.1 Å². The van der Waals surface area contributed by atoms with Gasteiger partial charge in [0.2, 0.25) is 0 Å². The molecule has 260 valence electrons. The molecule has 55 heavy (non-hydrogen) atoms. The monoisotopic (exact) mass is 719 g/mol. The summed E-state index contributed by atoms with van der Waals surface area (Å²) in [4.78, 5) is 2.41. The molecule has 0 amide bonds. The number of hydrogen-bond acceptors (Lipinski definition) is 2. The number of nitrogens with zero attached hydrogens (tertiary/aromatic N) is 1. The third kappa shape index (κ3) is 5.06. The molecule has 0 radical (unpaired) electrons. The summed E-state index contributed by atoms with van der Waals surface area (Å²) in [5.41, 5.74) is 13.7. The van der Waals surface area contributed by atoms with Gasteiger partial charge in [-0.2, -0.15) is 0 Å². The van der Waals surface area contributed by atoms with Crippen LogP contribution >= 0.6 is 11.3 Å². The van der Waals surface area contributed by atoms with Gasteiger partial charge in [0, 0.05) is 42.6 Å². The summed E-state index contributed by atoms with van der Waals surface area (Å²) in [7, 11) is 0. The van der Waals surface area contributed by atoms with Crippen molar-refractivity contribution < 1.29 is 0 Å². The molecule has 9 aromatic carbocycles. The topological polar surface area (TPSA) is 3.24 Å². The van der Waals surface area contributed by atoms with Crippen LogP contribution in [0.25, 0.3) is 75.1 Å². The summed E-state index contributed by atoms with van der Waals surface area (Å²) in [6.07, 6.45) is 0. The number of rotatable bonds is 5. The van der Waals surface area contributed by atoms with Crippen molar-refractivity contribution in [3.05, 3.63) is 199 Å². The minimum absolute atomic E-state index is 0.0433. The number of benzene rings is 9. The van der Waals surface area contributed by atoms with Gasteiger partial charge >= 0.3 is 0 Å². The van der Waals surface area contributed by atoms with Crippen molar-refractivity contribution in [2.24, 2.45) is 0 Å². The van der Waals surface area contributed by atoms with Gasteiger partial charge in [-0.25, -0.2) is 0 Å². The predicted octanol–water partition coefficient (Wildman–Crippen LogP) is 15.5. The SMILES string of the molecule is CC1(C)c2ccccc2-c2cc(N(c3ccc(-c4ccc5ccccc5c4)cc3)c3ccc(-c4cccc5c4sc4ccc6ccccc6c45)cc3)ccc21. The molecule has 2 heteroatoms. The van der Waals surface area contributed by atoms with Gasteiger partial charge in [0.1, 0.15) is 0 Å². The van der Waals surface area contributed by atoms with E-state index in [-0.39, 0.29) is 5.41 Å². The largest absolute Gasteiger partial charge is 0.310 e. The Kier molecular flexibility index (Phi) is 7.14. The summed E-state index contributed by atoms with van der Waals surface area (Å²) < 4.78 is 2.67. The summed E-state index contributed by atoms with van der Waals surface area (Å²) in [6.45, 7) is 4.69. The maximum Gasteiger partial charge on any atom is 0.0468 e. The van der Waals surface area contributed by atoms with Gasteiger partial charge in [-0.15, -0.1) is 11.3 Å². The number of thiophene rings is 1. The lowest BCUT2D eigenvalue weighted by atomic mass is 9.82. The van der Waals surface area contributed by atoms with Gasteiger partial charge in [-0.1, -0.05) is 153 Å². The molecule has 1 aliphatic carbocycles. The van der Waals surface area contributed by atoms with Crippen LogP contribution in [0.4, 0.5) is 17.1 Å². The fourth-order valence-corrected chi connectivity index (χ4v) is 10.3. The van der Waals surface area contributed by atoms with E-state index in [1.165, 1.54) is 86.2 Å². The van der Waals surface area contributed by atoms with Gasteiger partial charge in [-0.3, -0.25) is 0 Å². The van der Waals surface area contributed by atoms with E-state index in [2.05, 4.69) is 207 Å². The van der Waals surface area contributed by atoms with E-state index in [9.17, 15) is 0 Å². The molecule has 0 N–H and O–H groups in total. The summed E-state index contributed by atoms with van der Waals surface area (Å²) in [5, 5.41) is 7.81. The van der Waals surface area contributed by atoms with Crippen LogP contribution < -0.4 is 4.90 Å².